The molecule has 0 spiro atoms. The van der Waals surface area contributed by atoms with Crippen LogP contribution in [0.1, 0.15) is 23.1 Å². The number of para-hydroxylation sites is 1. The predicted molar refractivity (Wildman–Crippen MR) is 129 cm³/mol. The Balaban J connectivity index is 1.26. The van der Waals surface area contributed by atoms with E-state index in [-0.39, 0.29) is 5.91 Å². The first-order valence-corrected chi connectivity index (χ1v) is 11.7. The van der Waals surface area contributed by atoms with Crippen LogP contribution in [-0.4, -0.2) is 61.0 Å². The van der Waals surface area contributed by atoms with E-state index in [0.717, 1.165) is 61.2 Å². The molecule has 1 aromatic heterocycles. The van der Waals surface area contributed by atoms with Crippen LogP contribution in [-0.2, 0) is 24.1 Å². The summed E-state index contributed by atoms with van der Waals surface area (Å²) in [6.45, 7) is 3.58. The third kappa shape index (κ3) is 5.13. The number of nitrogens with one attached hydrogen (secondary N) is 1. The van der Waals surface area contributed by atoms with Crippen molar-refractivity contribution in [3.05, 3.63) is 63.8 Å². The highest BCUT2D eigenvalue weighted by atomic mass is 79.9. The van der Waals surface area contributed by atoms with Gasteiger partial charge in [0.1, 0.15) is 5.75 Å². The second-order valence-corrected chi connectivity index (χ2v) is 9.18. The van der Waals surface area contributed by atoms with Crippen molar-refractivity contribution >= 4 is 32.7 Å². The van der Waals surface area contributed by atoms with Crippen molar-refractivity contribution in [3.63, 3.8) is 0 Å². The van der Waals surface area contributed by atoms with E-state index in [9.17, 15) is 4.79 Å². The summed E-state index contributed by atoms with van der Waals surface area (Å²) >= 11 is 3.56. The van der Waals surface area contributed by atoms with Gasteiger partial charge in [0.25, 0.3) is 0 Å². The van der Waals surface area contributed by atoms with Crippen LogP contribution in [0.25, 0.3) is 10.9 Å². The van der Waals surface area contributed by atoms with Crippen LogP contribution in [0, 0.1) is 0 Å². The zero-order valence-corrected chi connectivity index (χ0v) is 19.9. The van der Waals surface area contributed by atoms with Gasteiger partial charge in [0.2, 0.25) is 5.91 Å². The molecule has 0 bridgehead atoms. The molecule has 0 saturated carbocycles. The van der Waals surface area contributed by atoms with E-state index in [0.29, 0.717) is 6.42 Å². The van der Waals surface area contributed by atoms with E-state index in [1.54, 1.807) is 7.11 Å². The van der Waals surface area contributed by atoms with Gasteiger partial charge in [-0.3, -0.25) is 4.79 Å². The number of aromatic amines is 1. The van der Waals surface area contributed by atoms with Crippen LogP contribution < -0.4 is 4.74 Å². The van der Waals surface area contributed by atoms with E-state index < -0.39 is 0 Å². The Labute approximate surface area is 192 Å². The summed E-state index contributed by atoms with van der Waals surface area (Å²) in [6, 6.07) is 12.6. The average Bonchev–Trinajstić information content (AvgIpc) is 3.12. The normalized spacial score (nSPS) is 14.2. The molecular formula is C25H30BrN3O2. The fourth-order valence-corrected chi connectivity index (χ4v) is 4.93. The molecule has 2 heterocycles. The number of aromatic nitrogens is 1. The molecule has 0 atom stereocenters. The summed E-state index contributed by atoms with van der Waals surface area (Å²) in [5, 5.41) is 1.31. The van der Waals surface area contributed by atoms with Gasteiger partial charge in [0.05, 0.1) is 18.0 Å². The Morgan fingerprint density at radius 1 is 1.19 bits per heavy atom. The molecule has 1 amide bonds. The first kappa shape index (κ1) is 21.9. The number of hydrogen-bond donors (Lipinski definition) is 1. The zero-order valence-electron chi connectivity index (χ0n) is 18.3. The third-order valence-electron chi connectivity index (χ3n) is 6.23. The molecule has 0 radical (unpaired) electrons. The van der Waals surface area contributed by atoms with Crippen molar-refractivity contribution in [1.29, 1.82) is 0 Å². The van der Waals surface area contributed by atoms with Gasteiger partial charge in [-0.2, -0.15) is 0 Å². The quantitative estimate of drug-likeness (QED) is 0.515. The molecule has 6 heteroatoms. The highest BCUT2D eigenvalue weighted by molar-refractivity contribution is 9.10. The summed E-state index contributed by atoms with van der Waals surface area (Å²) in [5.41, 5.74) is 4.89. The Morgan fingerprint density at radius 3 is 2.87 bits per heavy atom. The van der Waals surface area contributed by atoms with Crippen LogP contribution in [0.5, 0.6) is 5.75 Å². The molecule has 0 aliphatic carbocycles. The number of likely N-dealkylation sites (N-methyl/N-ethyl adjacent to an activating group) is 1. The minimum absolute atomic E-state index is 0.213. The highest BCUT2D eigenvalue weighted by Crippen LogP contribution is 2.30. The van der Waals surface area contributed by atoms with Gasteiger partial charge in [0.15, 0.2) is 0 Å². The summed E-state index contributed by atoms with van der Waals surface area (Å²) in [6.07, 6.45) is 5.48. The number of carbonyl (C=O) groups is 1. The lowest BCUT2D eigenvalue weighted by Gasteiger charge is -2.22. The van der Waals surface area contributed by atoms with Gasteiger partial charge >= 0.3 is 0 Å². The van der Waals surface area contributed by atoms with Crippen molar-refractivity contribution < 1.29 is 9.53 Å². The molecule has 164 valence electrons. The fourth-order valence-electron chi connectivity index (χ4n) is 4.37. The summed E-state index contributed by atoms with van der Waals surface area (Å²) in [7, 11) is 3.82. The number of fused-ring (bicyclic) bond motifs is 2. The lowest BCUT2D eigenvalue weighted by molar-refractivity contribution is -0.130. The van der Waals surface area contributed by atoms with Gasteiger partial charge < -0.3 is 19.5 Å². The molecule has 1 aliphatic heterocycles. The Hall–Kier alpha value is -2.31. The van der Waals surface area contributed by atoms with Crippen molar-refractivity contribution in [2.45, 2.75) is 25.7 Å². The number of nitrogens with zero attached hydrogens (tertiary/aromatic N) is 2. The van der Waals surface area contributed by atoms with Crippen LogP contribution in [0.3, 0.4) is 0 Å². The minimum Gasteiger partial charge on any atom is -0.496 e. The van der Waals surface area contributed by atoms with Crippen LogP contribution in [0.2, 0.25) is 0 Å². The zero-order chi connectivity index (χ0) is 21.8. The molecule has 0 saturated heterocycles. The Morgan fingerprint density at radius 2 is 2.03 bits per heavy atom. The van der Waals surface area contributed by atoms with Gasteiger partial charge in [-0.1, -0.05) is 18.2 Å². The molecule has 0 unspecified atom stereocenters. The maximum absolute atomic E-state index is 12.8. The first-order valence-electron chi connectivity index (χ1n) is 10.9. The van der Waals surface area contributed by atoms with Crippen LogP contribution in [0.4, 0.5) is 0 Å². The lowest BCUT2D eigenvalue weighted by atomic mass is 10.0. The largest absolute Gasteiger partial charge is 0.496 e. The molecule has 2 aromatic carbocycles. The molecular weight excluding hydrogens is 454 g/mol. The number of benzene rings is 2. The standard InChI is InChI=1S/C25H30BrN3O2/c1-28(12-8-19-17-27-23-7-4-3-6-21(19)23)10-5-11-29-13-9-18-14-22(26)24(31-2)15-20(18)16-25(29)30/h3-4,6-7,14-15,17,27H,5,8-13,16H2,1-2H3. The van der Waals surface area contributed by atoms with Crippen LogP contribution >= 0.6 is 15.9 Å². The highest BCUT2D eigenvalue weighted by Gasteiger charge is 2.21. The smallest absolute Gasteiger partial charge is 0.227 e. The van der Waals surface area contributed by atoms with Gasteiger partial charge in [-0.05, 0) is 83.7 Å². The maximum atomic E-state index is 12.8. The average molecular weight is 484 g/mol. The van der Waals surface area contributed by atoms with Gasteiger partial charge in [-0.25, -0.2) is 0 Å². The van der Waals surface area contributed by atoms with Crippen molar-refractivity contribution in [2.75, 3.05) is 40.3 Å². The number of hydrogen-bond acceptors (Lipinski definition) is 3. The number of H-pyrrole nitrogens is 1. The second-order valence-electron chi connectivity index (χ2n) is 8.33. The monoisotopic (exact) mass is 483 g/mol. The van der Waals surface area contributed by atoms with E-state index in [2.05, 4.69) is 69.4 Å². The predicted octanol–water partition coefficient (Wildman–Crippen LogP) is 4.43. The number of carbonyl (C=O) groups excluding carboxylic acids is 1. The van der Waals surface area contributed by atoms with E-state index in [4.69, 9.17) is 4.74 Å². The molecule has 31 heavy (non-hydrogen) atoms. The van der Waals surface area contributed by atoms with E-state index >= 15 is 0 Å². The number of ether oxygens (including phenoxy) is 1. The van der Waals surface area contributed by atoms with Crippen molar-refractivity contribution in [2.24, 2.45) is 0 Å². The Bertz CT molecular complexity index is 1060. The van der Waals surface area contributed by atoms with Crippen molar-refractivity contribution in [3.8, 4) is 5.75 Å². The molecule has 1 N–H and O–H groups in total. The third-order valence-corrected chi connectivity index (χ3v) is 6.84. The summed E-state index contributed by atoms with van der Waals surface area (Å²) < 4.78 is 6.35. The first-order chi connectivity index (χ1) is 15.0. The molecule has 4 rings (SSSR count). The van der Waals surface area contributed by atoms with Crippen LogP contribution in [0.15, 0.2) is 47.1 Å². The van der Waals surface area contributed by atoms with Crippen molar-refractivity contribution in [1.82, 2.24) is 14.8 Å². The number of halogens is 1. The summed E-state index contributed by atoms with van der Waals surface area (Å²) in [5.74, 6) is 1.00. The molecule has 3 aromatic rings. The maximum Gasteiger partial charge on any atom is 0.227 e. The lowest BCUT2D eigenvalue weighted by Crippen LogP contribution is -2.35. The topological polar surface area (TPSA) is 48.6 Å². The second kappa shape index (κ2) is 9.88. The van der Waals surface area contributed by atoms with E-state index in [1.165, 1.54) is 22.0 Å². The van der Waals surface area contributed by atoms with E-state index in [1.807, 2.05) is 11.0 Å². The molecule has 1 aliphatic rings. The molecule has 5 nitrogen and oxygen atoms in total. The SMILES string of the molecule is COc1cc2c(cc1Br)CCN(CCCN(C)CCc1c[nH]c3ccccc13)C(=O)C2. The number of methoxy groups -OCH3 is 1. The fraction of sp³-hybridized carbons (Fsp3) is 0.400. The summed E-state index contributed by atoms with van der Waals surface area (Å²) in [4.78, 5) is 20.5. The molecule has 0 fully saturated rings. The van der Waals surface area contributed by atoms with Gasteiger partial charge in [0, 0.05) is 36.7 Å². The number of amides is 1. The minimum atomic E-state index is 0.213. The van der Waals surface area contributed by atoms with Gasteiger partial charge in [-0.15, -0.1) is 0 Å². The Kier molecular flexibility index (Phi) is 6.98. The number of rotatable bonds is 8.